The molecule has 8 heteroatoms. The largest absolute Gasteiger partial charge is 0.469 e. The van der Waals surface area contributed by atoms with Gasteiger partial charge in [-0.1, -0.05) is 17.7 Å². The number of amides is 3. The highest BCUT2D eigenvalue weighted by Crippen LogP contribution is 2.17. The fraction of sp³-hybridized carbons (Fsp3) is 0.357. The Labute approximate surface area is 132 Å². The van der Waals surface area contributed by atoms with Crippen molar-refractivity contribution in [1.82, 2.24) is 10.2 Å². The summed E-state index contributed by atoms with van der Waals surface area (Å²) in [6, 6.07) is 5.31. The molecular formula is C14H16ClN3O4. The number of rotatable bonds is 3. The Bertz CT molecular complexity index is 593. The number of carbonyl (C=O) groups excluding carboxylic acids is 3. The molecular weight excluding hydrogens is 310 g/mol. The second-order valence-corrected chi connectivity index (χ2v) is 5.16. The maximum absolute atomic E-state index is 12.3. The molecule has 0 radical (unpaired) electrons. The zero-order valence-electron chi connectivity index (χ0n) is 12.0. The smallest absolute Gasteiger partial charge is 0.322 e. The molecule has 0 aliphatic carbocycles. The molecule has 0 saturated carbocycles. The second kappa shape index (κ2) is 7.13. The fourth-order valence-corrected chi connectivity index (χ4v) is 2.35. The molecule has 2 N–H and O–H groups in total. The van der Waals surface area contributed by atoms with Crippen molar-refractivity contribution in [1.29, 1.82) is 0 Å². The number of benzene rings is 1. The number of nitrogens with one attached hydrogen (secondary N) is 2. The molecule has 0 aromatic heterocycles. The highest BCUT2D eigenvalue weighted by molar-refractivity contribution is 6.30. The Morgan fingerprint density at radius 1 is 1.50 bits per heavy atom. The predicted octanol–water partition coefficient (Wildman–Crippen LogP) is 1.24. The van der Waals surface area contributed by atoms with Crippen LogP contribution in [0.3, 0.4) is 0 Å². The van der Waals surface area contributed by atoms with Gasteiger partial charge in [0.25, 0.3) is 0 Å². The van der Waals surface area contributed by atoms with Crippen LogP contribution in [0.4, 0.5) is 10.5 Å². The maximum atomic E-state index is 12.3. The summed E-state index contributed by atoms with van der Waals surface area (Å²) in [5.41, 5.74) is 0.514. The van der Waals surface area contributed by atoms with Gasteiger partial charge < -0.3 is 20.3 Å². The summed E-state index contributed by atoms with van der Waals surface area (Å²) in [4.78, 5) is 37.0. The lowest BCUT2D eigenvalue weighted by Crippen LogP contribution is -2.58. The predicted molar refractivity (Wildman–Crippen MR) is 80.6 cm³/mol. The summed E-state index contributed by atoms with van der Waals surface area (Å²) >= 11 is 5.86. The molecule has 1 fully saturated rings. The first-order valence-corrected chi connectivity index (χ1v) is 7.07. The number of esters is 1. The van der Waals surface area contributed by atoms with Gasteiger partial charge in [-0.3, -0.25) is 9.59 Å². The van der Waals surface area contributed by atoms with Gasteiger partial charge in [-0.15, -0.1) is 0 Å². The van der Waals surface area contributed by atoms with E-state index in [1.807, 2.05) is 0 Å². The molecule has 1 saturated heterocycles. The second-order valence-electron chi connectivity index (χ2n) is 4.72. The SMILES string of the molecule is COC(=O)C[C@H]1C(=O)NCCN1C(=O)Nc1cccc(Cl)c1. The van der Waals surface area contributed by atoms with Gasteiger partial charge in [0.15, 0.2) is 0 Å². The molecule has 1 aromatic rings. The normalized spacial score (nSPS) is 17.6. The zero-order valence-corrected chi connectivity index (χ0v) is 12.7. The van der Waals surface area contributed by atoms with E-state index < -0.39 is 18.0 Å². The zero-order chi connectivity index (χ0) is 16.1. The monoisotopic (exact) mass is 325 g/mol. The van der Waals surface area contributed by atoms with Gasteiger partial charge >= 0.3 is 12.0 Å². The van der Waals surface area contributed by atoms with Crippen molar-refractivity contribution < 1.29 is 19.1 Å². The highest BCUT2D eigenvalue weighted by atomic mass is 35.5. The number of urea groups is 1. The number of carbonyl (C=O) groups is 3. The Morgan fingerprint density at radius 2 is 2.27 bits per heavy atom. The molecule has 0 bridgehead atoms. The Balaban J connectivity index is 2.10. The molecule has 0 unspecified atom stereocenters. The van der Waals surface area contributed by atoms with Crippen LogP contribution < -0.4 is 10.6 Å². The molecule has 1 atom stereocenters. The van der Waals surface area contributed by atoms with Crippen LogP contribution in [0.25, 0.3) is 0 Å². The number of hydrogen-bond donors (Lipinski definition) is 2. The van der Waals surface area contributed by atoms with Crippen LogP contribution >= 0.6 is 11.6 Å². The van der Waals surface area contributed by atoms with Crippen LogP contribution in [0.2, 0.25) is 5.02 Å². The highest BCUT2D eigenvalue weighted by Gasteiger charge is 2.35. The third-order valence-electron chi connectivity index (χ3n) is 3.26. The van der Waals surface area contributed by atoms with Crippen LogP contribution in [-0.2, 0) is 14.3 Å². The molecule has 7 nitrogen and oxygen atoms in total. The quantitative estimate of drug-likeness (QED) is 0.818. The van der Waals surface area contributed by atoms with Crippen molar-refractivity contribution in [3.8, 4) is 0 Å². The topological polar surface area (TPSA) is 87.7 Å². The van der Waals surface area contributed by atoms with Crippen LogP contribution in [0, 0.1) is 0 Å². The maximum Gasteiger partial charge on any atom is 0.322 e. The standard InChI is InChI=1S/C14H16ClN3O4/c1-22-12(19)8-11-13(20)16-5-6-18(11)14(21)17-10-4-2-3-9(15)7-10/h2-4,7,11H,5-6,8H2,1H3,(H,16,20)(H,17,21)/t11-/m0/s1. The number of nitrogens with zero attached hydrogens (tertiary/aromatic N) is 1. The molecule has 2 rings (SSSR count). The summed E-state index contributed by atoms with van der Waals surface area (Å²) in [7, 11) is 1.24. The van der Waals surface area contributed by atoms with Crippen LogP contribution in [0.15, 0.2) is 24.3 Å². The van der Waals surface area contributed by atoms with E-state index in [0.29, 0.717) is 23.8 Å². The lowest BCUT2D eigenvalue weighted by molar-refractivity contribution is -0.145. The molecule has 118 valence electrons. The van der Waals surface area contributed by atoms with E-state index in [4.69, 9.17) is 11.6 Å². The van der Waals surface area contributed by atoms with Gasteiger partial charge in [-0.2, -0.15) is 0 Å². The van der Waals surface area contributed by atoms with Gasteiger partial charge in [0.2, 0.25) is 5.91 Å². The van der Waals surface area contributed by atoms with E-state index in [2.05, 4.69) is 15.4 Å². The van der Waals surface area contributed by atoms with E-state index in [1.165, 1.54) is 12.0 Å². The number of piperazine rings is 1. The molecule has 1 heterocycles. The molecule has 0 spiro atoms. The van der Waals surface area contributed by atoms with E-state index in [0.717, 1.165) is 0 Å². The van der Waals surface area contributed by atoms with Crippen molar-refractivity contribution in [2.45, 2.75) is 12.5 Å². The summed E-state index contributed by atoms with van der Waals surface area (Å²) in [6.07, 6.45) is -0.189. The molecule has 3 amide bonds. The van der Waals surface area contributed by atoms with Crippen molar-refractivity contribution in [3.63, 3.8) is 0 Å². The number of methoxy groups -OCH3 is 1. The fourth-order valence-electron chi connectivity index (χ4n) is 2.16. The minimum absolute atomic E-state index is 0.189. The van der Waals surface area contributed by atoms with Crippen molar-refractivity contribution >= 4 is 35.2 Å². The van der Waals surface area contributed by atoms with Gasteiger partial charge in [0.05, 0.1) is 13.5 Å². The molecule has 22 heavy (non-hydrogen) atoms. The average molecular weight is 326 g/mol. The Hall–Kier alpha value is -2.28. The van der Waals surface area contributed by atoms with E-state index >= 15 is 0 Å². The minimum atomic E-state index is -0.889. The first kappa shape index (κ1) is 16.1. The first-order valence-electron chi connectivity index (χ1n) is 6.69. The summed E-state index contributed by atoms with van der Waals surface area (Å²) in [5.74, 6) is -0.930. The number of halogens is 1. The van der Waals surface area contributed by atoms with E-state index in [9.17, 15) is 14.4 Å². The van der Waals surface area contributed by atoms with E-state index in [-0.39, 0.29) is 12.3 Å². The summed E-state index contributed by atoms with van der Waals surface area (Å²) < 4.78 is 4.57. The summed E-state index contributed by atoms with van der Waals surface area (Å²) in [6.45, 7) is 0.638. The average Bonchev–Trinajstić information content (AvgIpc) is 2.49. The lowest BCUT2D eigenvalue weighted by atomic mass is 10.1. The molecule has 1 aliphatic rings. The molecule has 1 aliphatic heterocycles. The lowest BCUT2D eigenvalue weighted by Gasteiger charge is -2.34. The van der Waals surface area contributed by atoms with Crippen molar-refractivity contribution in [3.05, 3.63) is 29.3 Å². The van der Waals surface area contributed by atoms with E-state index in [1.54, 1.807) is 24.3 Å². The van der Waals surface area contributed by atoms with Crippen molar-refractivity contribution in [2.75, 3.05) is 25.5 Å². The third kappa shape index (κ3) is 3.88. The Kier molecular flexibility index (Phi) is 5.21. The number of anilines is 1. The minimum Gasteiger partial charge on any atom is -0.469 e. The Morgan fingerprint density at radius 3 is 2.95 bits per heavy atom. The third-order valence-corrected chi connectivity index (χ3v) is 3.49. The number of ether oxygens (including phenoxy) is 1. The molecule has 1 aromatic carbocycles. The van der Waals surface area contributed by atoms with Gasteiger partial charge in [0.1, 0.15) is 6.04 Å². The summed E-state index contributed by atoms with van der Waals surface area (Å²) in [5, 5.41) is 5.78. The van der Waals surface area contributed by atoms with Crippen molar-refractivity contribution in [2.24, 2.45) is 0 Å². The van der Waals surface area contributed by atoms with Gasteiger partial charge in [-0.25, -0.2) is 4.79 Å². The van der Waals surface area contributed by atoms with Gasteiger partial charge in [-0.05, 0) is 18.2 Å². The van der Waals surface area contributed by atoms with Gasteiger partial charge in [0, 0.05) is 23.8 Å². The number of hydrogen-bond acceptors (Lipinski definition) is 4. The van der Waals surface area contributed by atoms with Crippen LogP contribution in [0.1, 0.15) is 6.42 Å². The van der Waals surface area contributed by atoms with Crippen LogP contribution in [0.5, 0.6) is 0 Å². The van der Waals surface area contributed by atoms with Crippen LogP contribution in [-0.4, -0.2) is 49.0 Å². The first-order chi connectivity index (χ1) is 10.5.